The fraction of sp³-hybridized carbons (Fsp3) is 0.571. The number of hydrogen-bond acceptors (Lipinski definition) is 5. The van der Waals surface area contributed by atoms with E-state index in [0.717, 1.165) is 6.08 Å². The molecule has 0 aromatic heterocycles. The van der Waals surface area contributed by atoms with Gasteiger partial charge in [0.15, 0.2) is 0 Å². The standard InChI is InChI=1S/C7H10O6/c1-12-7-5(9)3(8)2-4(13-7)6(10)11/h2-3,5,7-9H,1H3,(H,10,11)/t3-,5+,7-/m0/s1. The Morgan fingerprint density at radius 1 is 1.62 bits per heavy atom. The van der Waals surface area contributed by atoms with E-state index in [-0.39, 0.29) is 0 Å². The Labute approximate surface area is 74.0 Å². The van der Waals surface area contributed by atoms with Gasteiger partial charge in [0.25, 0.3) is 0 Å². The van der Waals surface area contributed by atoms with Crippen molar-refractivity contribution in [2.75, 3.05) is 7.11 Å². The summed E-state index contributed by atoms with van der Waals surface area (Å²) < 4.78 is 9.33. The summed E-state index contributed by atoms with van der Waals surface area (Å²) in [5.74, 6) is -1.74. The van der Waals surface area contributed by atoms with E-state index in [2.05, 4.69) is 4.74 Å². The van der Waals surface area contributed by atoms with Crippen molar-refractivity contribution < 1.29 is 29.6 Å². The monoisotopic (exact) mass is 190 g/mol. The fourth-order valence-electron chi connectivity index (χ4n) is 0.958. The maximum absolute atomic E-state index is 10.4. The number of carboxylic acid groups (broad SMARTS) is 1. The molecule has 0 aliphatic carbocycles. The topological polar surface area (TPSA) is 96.2 Å². The first-order valence-electron chi connectivity index (χ1n) is 3.57. The highest BCUT2D eigenvalue weighted by atomic mass is 16.7. The third-order valence-corrected chi connectivity index (χ3v) is 1.64. The maximum Gasteiger partial charge on any atom is 0.371 e. The summed E-state index contributed by atoms with van der Waals surface area (Å²) in [4.78, 5) is 10.4. The molecule has 6 nitrogen and oxygen atoms in total. The first-order valence-corrected chi connectivity index (χ1v) is 3.57. The Balaban J connectivity index is 2.81. The van der Waals surface area contributed by atoms with Gasteiger partial charge in [-0.3, -0.25) is 0 Å². The molecular formula is C7H10O6. The Hall–Kier alpha value is -1.11. The molecule has 3 N–H and O–H groups in total. The molecule has 0 aromatic carbocycles. The van der Waals surface area contributed by atoms with Crippen LogP contribution in [0.15, 0.2) is 11.8 Å². The SMILES string of the molecule is CO[C@H]1OC(C(=O)O)=C[C@H](O)[C@H]1O. The first-order chi connectivity index (χ1) is 6.06. The summed E-state index contributed by atoms with van der Waals surface area (Å²) in [6.45, 7) is 0. The number of aliphatic hydroxyl groups excluding tert-OH is 2. The molecular weight excluding hydrogens is 180 g/mol. The highest BCUT2D eigenvalue weighted by Crippen LogP contribution is 2.18. The van der Waals surface area contributed by atoms with Gasteiger partial charge in [0, 0.05) is 7.11 Å². The van der Waals surface area contributed by atoms with Gasteiger partial charge in [-0.15, -0.1) is 0 Å². The minimum Gasteiger partial charge on any atom is -0.475 e. The van der Waals surface area contributed by atoms with Gasteiger partial charge in [0.05, 0.1) is 0 Å². The molecule has 1 aliphatic heterocycles. The zero-order valence-electron chi connectivity index (χ0n) is 6.88. The molecule has 0 amide bonds. The Kier molecular flexibility index (Phi) is 2.86. The molecule has 0 saturated carbocycles. The number of methoxy groups -OCH3 is 1. The van der Waals surface area contributed by atoms with Crippen LogP contribution in [0.5, 0.6) is 0 Å². The maximum atomic E-state index is 10.4. The van der Waals surface area contributed by atoms with E-state index < -0.39 is 30.2 Å². The van der Waals surface area contributed by atoms with E-state index in [1.807, 2.05) is 0 Å². The first kappa shape index (κ1) is 9.97. The van der Waals surface area contributed by atoms with Crippen molar-refractivity contribution in [1.82, 2.24) is 0 Å². The van der Waals surface area contributed by atoms with Crippen LogP contribution in [0.4, 0.5) is 0 Å². The van der Waals surface area contributed by atoms with Gasteiger partial charge in [-0.05, 0) is 6.08 Å². The second-order valence-electron chi connectivity index (χ2n) is 2.54. The van der Waals surface area contributed by atoms with Gasteiger partial charge in [-0.25, -0.2) is 4.79 Å². The molecule has 1 rings (SSSR count). The molecule has 0 radical (unpaired) electrons. The van der Waals surface area contributed by atoms with Crippen LogP contribution < -0.4 is 0 Å². The number of ether oxygens (including phenoxy) is 2. The van der Waals surface area contributed by atoms with Crippen molar-refractivity contribution in [1.29, 1.82) is 0 Å². The van der Waals surface area contributed by atoms with Crippen LogP contribution in [-0.4, -0.2) is 46.9 Å². The highest BCUT2D eigenvalue weighted by Gasteiger charge is 2.34. The molecule has 0 unspecified atom stereocenters. The lowest BCUT2D eigenvalue weighted by Gasteiger charge is -2.29. The van der Waals surface area contributed by atoms with Crippen LogP contribution in [0.2, 0.25) is 0 Å². The molecule has 0 aromatic rings. The average molecular weight is 190 g/mol. The van der Waals surface area contributed by atoms with Crippen molar-refractivity contribution >= 4 is 5.97 Å². The Morgan fingerprint density at radius 2 is 2.23 bits per heavy atom. The predicted molar refractivity (Wildman–Crippen MR) is 39.6 cm³/mol. The summed E-state index contributed by atoms with van der Waals surface area (Å²) in [6, 6.07) is 0. The van der Waals surface area contributed by atoms with E-state index in [4.69, 9.17) is 14.9 Å². The van der Waals surface area contributed by atoms with E-state index >= 15 is 0 Å². The molecule has 13 heavy (non-hydrogen) atoms. The van der Waals surface area contributed by atoms with Crippen LogP contribution in [0.3, 0.4) is 0 Å². The van der Waals surface area contributed by atoms with E-state index in [1.54, 1.807) is 0 Å². The summed E-state index contributed by atoms with van der Waals surface area (Å²) in [5.41, 5.74) is 0. The van der Waals surface area contributed by atoms with E-state index in [1.165, 1.54) is 7.11 Å². The molecule has 0 saturated heterocycles. The molecule has 1 heterocycles. The zero-order valence-corrected chi connectivity index (χ0v) is 6.88. The van der Waals surface area contributed by atoms with Crippen LogP contribution in [-0.2, 0) is 14.3 Å². The minimum absolute atomic E-state index is 0.426. The number of carboxylic acids is 1. The molecule has 1 aliphatic rings. The molecule has 0 bridgehead atoms. The summed E-state index contributed by atoms with van der Waals surface area (Å²) in [7, 11) is 1.24. The minimum atomic E-state index is -1.31. The van der Waals surface area contributed by atoms with Crippen molar-refractivity contribution in [2.24, 2.45) is 0 Å². The molecule has 0 fully saturated rings. The highest BCUT2D eigenvalue weighted by molar-refractivity contribution is 5.84. The van der Waals surface area contributed by atoms with Crippen molar-refractivity contribution in [2.45, 2.75) is 18.5 Å². The largest absolute Gasteiger partial charge is 0.475 e. The molecule has 74 valence electrons. The third kappa shape index (κ3) is 1.97. The predicted octanol–water partition coefficient (Wildman–Crippen LogP) is -1.32. The van der Waals surface area contributed by atoms with Gasteiger partial charge >= 0.3 is 5.97 Å². The normalized spacial score (nSPS) is 33.5. The van der Waals surface area contributed by atoms with Crippen LogP contribution in [0, 0.1) is 0 Å². The third-order valence-electron chi connectivity index (χ3n) is 1.64. The molecule has 3 atom stereocenters. The molecule has 0 spiro atoms. The second-order valence-corrected chi connectivity index (χ2v) is 2.54. The van der Waals surface area contributed by atoms with Gasteiger partial charge in [-0.2, -0.15) is 0 Å². The van der Waals surface area contributed by atoms with Gasteiger partial charge in [0.1, 0.15) is 12.2 Å². The number of hydrogen-bond donors (Lipinski definition) is 3. The Morgan fingerprint density at radius 3 is 2.69 bits per heavy atom. The van der Waals surface area contributed by atoms with Crippen LogP contribution in [0.1, 0.15) is 0 Å². The summed E-state index contributed by atoms with van der Waals surface area (Å²) in [6.07, 6.45) is -2.79. The smallest absolute Gasteiger partial charge is 0.371 e. The van der Waals surface area contributed by atoms with Crippen molar-refractivity contribution in [3.8, 4) is 0 Å². The lowest BCUT2D eigenvalue weighted by molar-refractivity contribution is -0.195. The van der Waals surface area contributed by atoms with E-state index in [0.29, 0.717) is 0 Å². The van der Waals surface area contributed by atoms with Crippen LogP contribution in [0.25, 0.3) is 0 Å². The number of rotatable bonds is 2. The number of aliphatic carboxylic acids is 1. The lowest BCUT2D eigenvalue weighted by atomic mass is 10.1. The molecule has 6 heteroatoms. The number of aliphatic hydroxyl groups is 2. The quantitative estimate of drug-likeness (QED) is 0.499. The van der Waals surface area contributed by atoms with Gasteiger partial charge < -0.3 is 24.8 Å². The van der Waals surface area contributed by atoms with Gasteiger partial charge in [0.2, 0.25) is 12.0 Å². The fourth-order valence-corrected chi connectivity index (χ4v) is 0.958. The van der Waals surface area contributed by atoms with Crippen molar-refractivity contribution in [3.63, 3.8) is 0 Å². The average Bonchev–Trinajstić information content (AvgIpc) is 2.09. The lowest BCUT2D eigenvalue weighted by Crippen LogP contribution is -2.43. The Bertz CT molecular complexity index is 235. The van der Waals surface area contributed by atoms with Crippen LogP contribution >= 0.6 is 0 Å². The second kappa shape index (κ2) is 3.73. The van der Waals surface area contributed by atoms with E-state index in [9.17, 15) is 9.90 Å². The number of carbonyl (C=O) groups is 1. The van der Waals surface area contributed by atoms with Crippen molar-refractivity contribution in [3.05, 3.63) is 11.8 Å². The van der Waals surface area contributed by atoms with Gasteiger partial charge in [-0.1, -0.05) is 0 Å². The summed E-state index contributed by atoms with van der Waals surface area (Å²) in [5, 5.41) is 26.9. The summed E-state index contributed by atoms with van der Waals surface area (Å²) >= 11 is 0. The zero-order chi connectivity index (χ0) is 10.0.